The Balaban J connectivity index is 2.82. The monoisotopic (exact) mass is 207 g/mol. The van der Waals surface area contributed by atoms with Crippen molar-refractivity contribution in [2.45, 2.75) is 6.92 Å². The second-order valence-electron chi connectivity index (χ2n) is 3.26. The Kier molecular flexibility index (Phi) is 2.19. The summed E-state index contributed by atoms with van der Waals surface area (Å²) >= 11 is 0. The molecule has 15 heavy (non-hydrogen) atoms. The number of Topliss-reactive ketones (excluding diaryl/α,β-unsaturated/α-hetero) is 1. The van der Waals surface area contributed by atoms with Gasteiger partial charge in [0.2, 0.25) is 0 Å². The summed E-state index contributed by atoms with van der Waals surface area (Å²) in [7, 11) is 1.39. The average Bonchev–Trinajstić information content (AvgIpc) is 2.63. The highest BCUT2D eigenvalue weighted by Crippen LogP contribution is 2.28. The van der Waals surface area contributed by atoms with Crippen LogP contribution in [0.5, 0.6) is 5.75 Å². The van der Waals surface area contributed by atoms with Crippen LogP contribution < -0.4 is 4.74 Å². The van der Waals surface area contributed by atoms with Crippen molar-refractivity contribution in [2.75, 3.05) is 7.11 Å². The van der Waals surface area contributed by atoms with Crippen LogP contribution in [0.4, 0.5) is 4.39 Å². The van der Waals surface area contributed by atoms with Crippen molar-refractivity contribution in [3.05, 3.63) is 29.7 Å². The number of aromatic amines is 1. The van der Waals surface area contributed by atoms with E-state index in [4.69, 9.17) is 4.74 Å². The number of ether oxygens (including phenoxy) is 1. The number of hydrogen-bond acceptors (Lipinski definition) is 2. The van der Waals surface area contributed by atoms with Crippen LogP contribution in [0, 0.1) is 5.82 Å². The standard InChI is InChI=1S/C11H10FNO2/c1-6(14)7-5-13-8-3-4-9(15-2)11(12)10(7)8/h3-5,13H,1-2H3. The van der Waals surface area contributed by atoms with E-state index in [0.717, 1.165) is 0 Å². The van der Waals surface area contributed by atoms with Gasteiger partial charge in [-0.25, -0.2) is 4.39 Å². The zero-order valence-corrected chi connectivity index (χ0v) is 8.43. The fraction of sp³-hybridized carbons (Fsp3) is 0.182. The maximum absolute atomic E-state index is 13.8. The first-order valence-corrected chi connectivity index (χ1v) is 4.49. The van der Waals surface area contributed by atoms with Crippen LogP contribution in [-0.4, -0.2) is 17.9 Å². The first-order chi connectivity index (χ1) is 7.15. The minimum Gasteiger partial charge on any atom is -0.494 e. The highest BCUT2D eigenvalue weighted by Gasteiger charge is 2.15. The van der Waals surface area contributed by atoms with Crippen LogP contribution in [-0.2, 0) is 0 Å². The first kappa shape index (κ1) is 9.71. The van der Waals surface area contributed by atoms with Crippen LogP contribution >= 0.6 is 0 Å². The third-order valence-corrected chi connectivity index (χ3v) is 2.35. The number of fused-ring (bicyclic) bond motifs is 1. The van der Waals surface area contributed by atoms with E-state index in [1.165, 1.54) is 26.3 Å². The molecule has 0 saturated heterocycles. The molecular formula is C11H10FNO2. The number of carbonyl (C=O) groups is 1. The van der Waals surface area contributed by atoms with Gasteiger partial charge >= 0.3 is 0 Å². The van der Waals surface area contributed by atoms with Crippen molar-refractivity contribution in [1.29, 1.82) is 0 Å². The number of ketones is 1. The summed E-state index contributed by atoms with van der Waals surface area (Å²) < 4.78 is 18.7. The number of H-pyrrole nitrogens is 1. The molecule has 1 N–H and O–H groups in total. The van der Waals surface area contributed by atoms with Gasteiger partial charge in [-0.2, -0.15) is 0 Å². The smallest absolute Gasteiger partial charge is 0.175 e. The van der Waals surface area contributed by atoms with E-state index in [-0.39, 0.29) is 11.5 Å². The van der Waals surface area contributed by atoms with Gasteiger partial charge in [0, 0.05) is 22.7 Å². The number of hydrogen-bond donors (Lipinski definition) is 1. The lowest BCUT2D eigenvalue weighted by Crippen LogP contribution is -1.93. The maximum atomic E-state index is 13.8. The molecule has 0 aliphatic rings. The van der Waals surface area contributed by atoms with E-state index in [0.29, 0.717) is 16.5 Å². The van der Waals surface area contributed by atoms with Crippen molar-refractivity contribution in [3.8, 4) is 5.75 Å². The second kappa shape index (κ2) is 3.38. The predicted octanol–water partition coefficient (Wildman–Crippen LogP) is 2.52. The number of rotatable bonds is 2. The van der Waals surface area contributed by atoms with Crippen molar-refractivity contribution in [2.24, 2.45) is 0 Å². The summed E-state index contributed by atoms with van der Waals surface area (Å²) in [5.74, 6) is -0.528. The molecule has 0 bridgehead atoms. The molecule has 78 valence electrons. The van der Waals surface area contributed by atoms with Crippen LogP contribution in [0.2, 0.25) is 0 Å². The third-order valence-electron chi connectivity index (χ3n) is 2.35. The largest absolute Gasteiger partial charge is 0.494 e. The predicted molar refractivity (Wildman–Crippen MR) is 54.8 cm³/mol. The van der Waals surface area contributed by atoms with Gasteiger partial charge in [0.05, 0.1) is 7.11 Å². The average molecular weight is 207 g/mol. The van der Waals surface area contributed by atoms with Gasteiger partial charge in [0.1, 0.15) is 0 Å². The summed E-state index contributed by atoms with van der Waals surface area (Å²) in [6, 6.07) is 3.21. The number of methoxy groups -OCH3 is 1. The van der Waals surface area contributed by atoms with E-state index < -0.39 is 5.82 Å². The highest BCUT2D eigenvalue weighted by molar-refractivity contribution is 6.07. The van der Waals surface area contributed by atoms with Gasteiger partial charge in [-0.1, -0.05) is 0 Å². The molecule has 0 fully saturated rings. The summed E-state index contributed by atoms with van der Waals surface area (Å²) in [5, 5.41) is 0.293. The lowest BCUT2D eigenvalue weighted by atomic mass is 10.1. The Bertz CT molecular complexity index is 531. The fourth-order valence-corrected chi connectivity index (χ4v) is 1.60. The minimum absolute atomic E-state index is 0.143. The summed E-state index contributed by atoms with van der Waals surface area (Å²) in [6.45, 7) is 1.40. The van der Waals surface area contributed by atoms with Crippen LogP contribution in [0.25, 0.3) is 10.9 Å². The molecule has 1 aromatic carbocycles. The first-order valence-electron chi connectivity index (χ1n) is 4.49. The van der Waals surface area contributed by atoms with Crippen molar-refractivity contribution < 1.29 is 13.9 Å². The second-order valence-corrected chi connectivity index (χ2v) is 3.26. The zero-order chi connectivity index (χ0) is 11.0. The molecule has 0 spiro atoms. The van der Waals surface area contributed by atoms with Gasteiger partial charge in [0.25, 0.3) is 0 Å². The normalized spacial score (nSPS) is 10.6. The molecule has 0 amide bonds. The van der Waals surface area contributed by atoms with Crippen molar-refractivity contribution in [3.63, 3.8) is 0 Å². The van der Waals surface area contributed by atoms with Gasteiger partial charge in [-0.3, -0.25) is 4.79 Å². The number of carbonyl (C=O) groups excluding carboxylic acids is 1. The molecule has 0 aliphatic carbocycles. The van der Waals surface area contributed by atoms with Gasteiger partial charge in [-0.15, -0.1) is 0 Å². The molecule has 4 heteroatoms. The quantitative estimate of drug-likeness (QED) is 0.769. The number of nitrogens with one attached hydrogen (secondary N) is 1. The molecule has 0 saturated carbocycles. The lowest BCUT2D eigenvalue weighted by molar-refractivity contribution is 0.101. The Morgan fingerprint density at radius 2 is 2.20 bits per heavy atom. The molecule has 1 aromatic heterocycles. The molecule has 0 aliphatic heterocycles. The minimum atomic E-state index is -0.499. The number of halogens is 1. The Morgan fingerprint density at radius 1 is 1.47 bits per heavy atom. The van der Waals surface area contributed by atoms with E-state index in [1.54, 1.807) is 6.07 Å². The molecular weight excluding hydrogens is 197 g/mol. The van der Waals surface area contributed by atoms with E-state index in [2.05, 4.69) is 4.98 Å². The van der Waals surface area contributed by atoms with Gasteiger partial charge < -0.3 is 9.72 Å². The molecule has 3 nitrogen and oxygen atoms in total. The molecule has 0 unspecified atom stereocenters. The van der Waals surface area contributed by atoms with E-state index >= 15 is 0 Å². The summed E-state index contributed by atoms with van der Waals surface area (Å²) in [4.78, 5) is 14.1. The third kappa shape index (κ3) is 1.38. The number of benzene rings is 1. The SMILES string of the molecule is COc1ccc2[nH]cc(C(C)=O)c2c1F. The summed E-state index contributed by atoms with van der Waals surface area (Å²) in [6.07, 6.45) is 1.51. The number of aromatic nitrogens is 1. The Hall–Kier alpha value is -1.84. The molecule has 2 aromatic rings. The van der Waals surface area contributed by atoms with Crippen LogP contribution in [0.3, 0.4) is 0 Å². The fourth-order valence-electron chi connectivity index (χ4n) is 1.60. The van der Waals surface area contributed by atoms with Gasteiger partial charge in [-0.05, 0) is 19.1 Å². The van der Waals surface area contributed by atoms with Crippen LogP contribution in [0.15, 0.2) is 18.3 Å². The van der Waals surface area contributed by atoms with E-state index in [1.807, 2.05) is 0 Å². The molecule has 1 heterocycles. The molecule has 0 atom stereocenters. The van der Waals surface area contributed by atoms with E-state index in [9.17, 15) is 9.18 Å². The van der Waals surface area contributed by atoms with Crippen molar-refractivity contribution in [1.82, 2.24) is 4.98 Å². The molecule has 0 radical (unpaired) electrons. The van der Waals surface area contributed by atoms with Gasteiger partial charge in [0.15, 0.2) is 17.3 Å². The maximum Gasteiger partial charge on any atom is 0.175 e. The summed E-state index contributed by atoms with van der Waals surface area (Å²) in [5.41, 5.74) is 0.944. The topological polar surface area (TPSA) is 42.1 Å². The Morgan fingerprint density at radius 3 is 2.80 bits per heavy atom. The molecule has 2 rings (SSSR count). The lowest BCUT2D eigenvalue weighted by Gasteiger charge is -2.02. The Labute approximate surface area is 85.9 Å². The zero-order valence-electron chi connectivity index (χ0n) is 8.43. The highest BCUT2D eigenvalue weighted by atomic mass is 19.1. The van der Waals surface area contributed by atoms with Crippen molar-refractivity contribution >= 4 is 16.7 Å². The van der Waals surface area contributed by atoms with Crippen LogP contribution in [0.1, 0.15) is 17.3 Å².